The molecular weight excluding hydrogens is 476 g/mol. The second kappa shape index (κ2) is 13.2. The lowest BCUT2D eigenvalue weighted by molar-refractivity contribution is -0.118. The fourth-order valence-corrected chi connectivity index (χ4v) is 4.26. The van der Waals surface area contributed by atoms with Gasteiger partial charge in [-0.1, -0.05) is 54.1 Å². The topological polar surface area (TPSA) is 67.9 Å². The summed E-state index contributed by atoms with van der Waals surface area (Å²) >= 11 is 6.36. The largest absolute Gasteiger partial charge is 0.491 e. The molecule has 0 spiro atoms. The molecule has 1 aliphatic heterocycles. The molecule has 0 aromatic heterocycles. The number of hydrogen-bond acceptors (Lipinski definition) is 5. The molecule has 3 aromatic carbocycles. The molecule has 3 aromatic rings. The van der Waals surface area contributed by atoms with E-state index in [9.17, 15) is 9.59 Å². The third-order valence-corrected chi connectivity index (χ3v) is 6.41. The molecule has 1 fully saturated rings. The maximum atomic E-state index is 12.7. The fraction of sp³-hybridized carbons (Fsp3) is 0.310. The van der Waals surface area contributed by atoms with Crippen molar-refractivity contribution in [2.24, 2.45) is 0 Å². The van der Waals surface area contributed by atoms with Crippen LogP contribution in [0.1, 0.15) is 27.9 Å². The van der Waals surface area contributed by atoms with Crippen LogP contribution in [-0.2, 0) is 22.4 Å². The molecule has 0 aliphatic carbocycles. The van der Waals surface area contributed by atoms with E-state index in [4.69, 9.17) is 21.1 Å². The van der Waals surface area contributed by atoms with E-state index in [0.717, 1.165) is 50.4 Å². The van der Waals surface area contributed by atoms with Gasteiger partial charge in [0.25, 0.3) is 5.91 Å². The number of amides is 1. The van der Waals surface area contributed by atoms with E-state index in [1.54, 1.807) is 18.2 Å². The van der Waals surface area contributed by atoms with Crippen LogP contribution < -0.4 is 10.1 Å². The number of halogens is 1. The van der Waals surface area contributed by atoms with Crippen LogP contribution >= 0.6 is 11.6 Å². The first kappa shape index (κ1) is 25.9. The Balaban J connectivity index is 1.23. The number of hydrogen-bond donors (Lipinski definition) is 1. The van der Waals surface area contributed by atoms with Gasteiger partial charge in [0, 0.05) is 43.7 Å². The summed E-state index contributed by atoms with van der Waals surface area (Å²) in [5.41, 5.74) is 3.19. The van der Waals surface area contributed by atoms with Crippen LogP contribution in [0.15, 0.2) is 72.8 Å². The van der Waals surface area contributed by atoms with Crippen molar-refractivity contribution in [1.29, 1.82) is 0 Å². The number of aryl methyl sites for hydroxylation is 1. The van der Waals surface area contributed by atoms with Crippen LogP contribution in [0.5, 0.6) is 5.75 Å². The quantitative estimate of drug-likeness (QED) is 0.394. The van der Waals surface area contributed by atoms with Gasteiger partial charge in [0.1, 0.15) is 18.1 Å². The van der Waals surface area contributed by atoms with E-state index in [1.165, 1.54) is 0 Å². The summed E-state index contributed by atoms with van der Waals surface area (Å²) in [6.07, 6.45) is 1.63. The van der Waals surface area contributed by atoms with Gasteiger partial charge < -0.3 is 14.8 Å². The monoisotopic (exact) mass is 506 g/mol. The second-order valence-corrected chi connectivity index (χ2v) is 9.21. The zero-order valence-corrected chi connectivity index (χ0v) is 21.0. The number of nitrogens with zero attached hydrogens (tertiary/aromatic N) is 1. The molecule has 0 unspecified atom stereocenters. The molecule has 4 rings (SSSR count). The van der Waals surface area contributed by atoms with Crippen molar-refractivity contribution in [1.82, 2.24) is 4.90 Å². The van der Waals surface area contributed by atoms with Crippen molar-refractivity contribution < 1.29 is 19.1 Å². The number of carbonyl (C=O) groups is 2. The molecular formula is C29H31ClN2O4. The van der Waals surface area contributed by atoms with E-state index in [0.29, 0.717) is 41.5 Å². The third-order valence-electron chi connectivity index (χ3n) is 6.11. The molecule has 1 saturated heterocycles. The maximum absolute atomic E-state index is 12.7. The first-order chi connectivity index (χ1) is 17.6. The summed E-state index contributed by atoms with van der Waals surface area (Å²) < 4.78 is 11.2. The smallest absolute Gasteiger partial charge is 0.255 e. The number of morpholine rings is 1. The number of rotatable bonds is 11. The molecule has 0 saturated carbocycles. The minimum Gasteiger partial charge on any atom is -0.491 e. The molecule has 0 atom stereocenters. The lowest BCUT2D eigenvalue weighted by atomic mass is 10.0. The minimum atomic E-state index is -0.261. The third kappa shape index (κ3) is 7.92. The Bertz CT molecular complexity index is 1150. The maximum Gasteiger partial charge on any atom is 0.255 e. The normalized spacial score (nSPS) is 13.8. The van der Waals surface area contributed by atoms with Gasteiger partial charge in [-0.25, -0.2) is 0 Å². The average Bonchev–Trinajstić information content (AvgIpc) is 2.91. The van der Waals surface area contributed by atoms with E-state index in [1.807, 2.05) is 54.6 Å². The number of benzene rings is 3. The van der Waals surface area contributed by atoms with Crippen molar-refractivity contribution in [3.05, 3.63) is 94.5 Å². The minimum absolute atomic E-state index is 0.192. The number of anilines is 1. The van der Waals surface area contributed by atoms with Crippen LogP contribution in [0.3, 0.4) is 0 Å². The van der Waals surface area contributed by atoms with Crippen LogP contribution in [-0.4, -0.2) is 56.0 Å². The Kier molecular flexibility index (Phi) is 9.50. The van der Waals surface area contributed by atoms with Crippen molar-refractivity contribution in [2.75, 3.05) is 44.8 Å². The molecule has 1 aliphatic rings. The van der Waals surface area contributed by atoms with Gasteiger partial charge in [-0.2, -0.15) is 0 Å². The average molecular weight is 507 g/mol. The molecule has 7 heteroatoms. The van der Waals surface area contributed by atoms with E-state index >= 15 is 0 Å². The summed E-state index contributed by atoms with van der Waals surface area (Å²) in [6.45, 7) is 4.63. The summed E-state index contributed by atoms with van der Waals surface area (Å²) in [5, 5.41) is 3.27. The van der Waals surface area contributed by atoms with Crippen molar-refractivity contribution in [3.8, 4) is 5.75 Å². The lowest BCUT2D eigenvalue weighted by Gasteiger charge is -2.26. The molecule has 0 bridgehead atoms. The molecule has 188 valence electrons. The highest BCUT2D eigenvalue weighted by Crippen LogP contribution is 2.26. The molecule has 6 nitrogen and oxygen atoms in total. The van der Waals surface area contributed by atoms with Crippen molar-refractivity contribution in [3.63, 3.8) is 0 Å². The predicted octanol–water partition coefficient (Wildman–Crippen LogP) is 5.05. The number of carbonyl (C=O) groups excluding carboxylic acids is 2. The van der Waals surface area contributed by atoms with E-state index < -0.39 is 0 Å². The highest BCUT2D eigenvalue weighted by molar-refractivity contribution is 6.32. The molecule has 1 amide bonds. The Labute approximate surface area is 217 Å². The number of nitrogens with one attached hydrogen (secondary N) is 1. The number of ether oxygens (including phenoxy) is 2. The highest BCUT2D eigenvalue weighted by Gasteiger charge is 2.13. The summed E-state index contributed by atoms with van der Waals surface area (Å²) in [4.78, 5) is 27.3. The SMILES string of the molecule is O=C(CCc1ccccc1)Cc1ccc(NC(=O)c2ccc(OCCN3CCOCC3)c(Cl)c2)cc1. The second-order valence-electron chi connectivity index (χ2n) is 8.80. The van der Waals surface area contributed by atoms with Crippen molar-refractivity contribution >= 4 is 29.0 Å². The summed E-state index contributed by atoms with van der Waals surface area (Å²) in [6, 6.07) is 22.4. The fourth-order valence-electron chi connectivity index (χ4n) is 4.02. The van der Waals surface area contributed by atoms with Gasteiger partial charge in [0.2, 0.25) is 0 Å². The van der Waals surface area contributed by atoms with Crippen LogP contribution in [0.25, 0.3) is 0 Å². The van der Waals surface area contributed by atoms with Gasteiger partial charge in [-0.3, -0.25) is 14.5 Å². The standard InChI is InChI=1S/C29H31ClN2O4/c30-27-21-24(9-13-28(27)36-19-16-32-14-17-35-18-15-32)29(34)31-25-10-6-23(7-11-25)20-26(33)12-8-22-4-2-1-3-5-22/h1-7,9-11,13,21H,8,12,14-20H2,(H,31,34). The van der Waals surface area contributed by atoms with Gasteiger partial charge in [0.05, 0.1) is 18.2 Å². The number of Topliss-reactive ketones (excluding diaryl/α,β-unsaturated/α-hetero) is 1. The number of ketones is 1. The van der Waals surface area contributed by atoms with Crippen LogP contribution in [0, 0.1) is 0 Å². The van der Waals surface area contributed by atoms with Gasteiger partial charge in [-0.05, 0) is 47.9 Å². The first-order valence-electron chi connectivity index (χ1n) is 12.3. The highest BCUT2D eigenvalue weighted by atomic mass is 35.5. The molecule has 1 N–H and O–H groups in total. The lowest BCUT2D eigenvalue weighted by Crippen LogP contribution is -2.38. The zero-order valence-electron chi connectivity index (χ0n) is 20.3. The molecule has 36 heavy (non-hydrogen) atoms. The van der Waals surface area contributed by atoms with Crippen LogP contribution in [0.2, 0.25) is 5.02 Å². The van der Waals surface area contributed by atoms with E-state index in [-0.39, 0.29) is 11.7 Å². The Morgan fingerprint density at radius 2 is 1.69 bits per heavy atom. The predicted molar refractivity (Wildman–Crippen MR) is 142 cm³/mol. The first-order valence-corrected chi connectivity index (χ1v) is 12.6. The van der Waals surface area contributed by atoms with E-state index in [2.05, 4.69) is 10.2 Å². The molecule has 0 radical (unpaired) electrons. The summed E-state index contributed by atoms with van der Waals surface area (Å²) in [5.74, 6) is 0.490. The zero-order chi connectivity index (χ0) is 25.2. The van der Waals surface area contributed by atoms with Gasteiger partial charge in [-0.15, -0.1) is 0 Å². The van der Waals surface area contributed by atoms with Gasteiger partial charge in [0.15, 0.2) is 0 Å². The summed E-state index contributed by atoms with van der Waals surface area (Å²) in [7, 11) is 0. The Hall–Kier alpha value is -3.19. The van der Waals surface area contributed by atoms with Gasteiger partial charge >= 0.3 is 0 Å². The molecule has 1 heterocycles. The Morgan fingerprint density at radius 3 is 2.42 bits per heavy atom. The Morgan fingerprint density at radius 1 is 0.944 bits per heavy atom. The van der Waals surface area contributed by atoms with Crippen LogP contribution in [0.4, 0.5) is 5.69 Å². The van der Waals surface area contributed by atoms with Crippen molar-refractivity contribution in [2.45, 2.75) is 19.3 Å².